The van der Waals surface area contributed by atoms with Crippen LogP contribution in [0.4, 0.5) is 5.82 Å². The molecule has 1 aromatic heterocycles. The molecule has 0 spiro atoms. The average molecular weight is 438 g/mol. The standard InChI is InChI=1S/C22H39N5O2S/c1-15-10-21(24-16(2)19-14-26(6)8-9-27(19)7)23-13-20(15)30(28,29)25-18-11-17(12-18)22(3,4)5/h10,13,16-19,25H,8-9,11-12,14H2,1-7H3,(H,23,24). The molecule has 2 fully saturated rings. The van der Waals surface area contributed by atoms with E-state index in [1.807, 2.05) is 13.0 Å². The Hall–Kier alpha value is -1.22. The number of nitrogens with one attached hydrogen (secondary N) is 2. The van der Waals surface area contributed by atoms with Crippen LogP contribution in [0, 0.1) is 18.3 Å². The lowest BCUT2D eigenvalue weighted by Gasteiger charge is -2.43. The van der Waals surface area contributed by atoms with Crippen LogP contribution >= 0.6 is 0 Å². The van der Waals surface area contributed by atoms with Gasteiger partial charge in [0, 0.05) is 44.0 Å². The Kier molecular flexibility index (Phi) is 6.82. The number of anilines is 1. The van der Waals surface area contributed by atoms with Crippen molar-refractivity contribution in [1.29, 1.82) is 0 Å². The van der Waals surface area contributed by atoms with Crippen molar-refractivity contribution in [1.82, 2.24) is 19.5 Å². The van der Waals surface area contributed by atoms with Crippen LogP contribution in [0.25, 0.3) is 0 Å². The summed E-state index contributed by atoms with van der Waals surface area (Å²) < 4.78 is 28.7. The number of aryl methyl sites for hydroxylation is 1. The van der Waals surface area contributed by atoms with Crippen molar-refractivity contribution < 1.29 is 8.42 Å². The number of likely N-dealkylation sites (N-methyl/N-ethyl adjacent to an activating group) is 2. The molecule has 0 amide bonds. The molecule has 1 saturated heterocycles. The van der Waals surface area contributed by atoms with Gasteiger partial charge in [0.05, 0.1) is 0 Å². The third-order valence-electron chi connectivity index (χ3n) is 6.89. The van der Waals surface area contributed by atoms with Gasteiger partial charge in [0.1, 0.15) is 10.7 Å². The van der Waals surface area contributed by atoms with Gasteiger partial charge < -0.3 is 10.2 Å². The second kappa shape index (κ2) is 8.73. The molecule has 0 bridgehead atoms. The minimum Gasteiger partial charge on any atom is -0.366 e. The Balaban J connectivity index is 1.63. The molecule has 170 valence electrons. The average Bonchev–Trinajstić information content (AvgIpc) is 2.58. The normalized spacial score (nSPS) is 27.5. The fraction of sp³-hybridized carbons (Fsp3) is 0.773. The zero-order valence-electron chi connectivity index (χ0n) is 19.6. The summed E-state index contributed by atoms with van der Waals surface area (Å²) in [5.74, 6) is 1.28. The van der Waals surface area contributed by atoms with Crippen molar-refractivity contribution in [3.8, 4) is 0 Å². The summed E-state index contributed by atoms with van der Waals surface area (Å²) >= 11 is 0. The summed E-state index contributed by atoms with van der Waals surface area (Å²) in [5, 5.41) is 3.47. The van der Waals surface area contributed by atoms with Gasteiger partial charge in [0.25, 0.3) is 0 Å². The first kappa shape index (κ1) is 23.4. The number of hydrogen-bond donors (Lipinski definition) is 2. The van der Waals surface area contributed by atoms with E-state index in [0.717, 1.165) is 38.3 Å². The molecule has 2 unspecified atom stereocenters. The highest BCUT2D eigenvalue weighted by Gasteiger charge is 2.39. The number of piperazine rings is 1. The Morgan fingerprint density at radius 2 is 1.87 bits per heavy atom. The second-order valence-corrected chi connectivity index (χ2v) is 12.1. The summed E-state index contributed by atoms with van der Waals surface area (Å²) in [6, 6.07) is 2.45. The Morgan fingerprint density at radius 3 is 2.47 bits per heavy atom. The molecule has 2 N–H and O–H groups in total. The first-order valence-electron chi connectivity index (χ1n) is 11.0. The van der Waals surface area contributed by atoms with Crippen LogP contribution in [-0.2, 0) is 10.0 Å². The van der Waals surface area contributed by atoms with Gasteiger partial charge in [0.15, 0.2) is 0 Å². The summed E-state index contributed by atoms with van der Waals surface area (Å²) in [7, 11) is 0.743. The molecule has 8 heteroatoms. The number of sulfonamides is 1. The van der Waals surface area contributed by atoms with Crippen LogP contribution in [-0.4, -0.2) is 75.1 Å². The number of nitrogens with zero attached hydrogens (tertiary/aromatic N) is 3. The fourth-order valence-electron chi connectivity index (χ4n) is 4.52. The van der Waals surface area contributed by atoms with E-state index in [1.54, 1.807) is 0 Å². The number of hydrogen-bond acceptors (Lipinski definition) is 6. The number of rotatable bonds is 6. The van der Waals surface area contributed by atoms with Crippen LogP contribution in [0.15, 0.2) is 17.2 Å². The molecule has 3 rings (SSSR count). The SMILES string of the molecule is Cc1cc(NC(C)C2CN(C)CCN2C)ncc1S(=O)(=O)NC1CC(C(C)(C)C)C1. The zero-order valence-corrected chi connectivity index (χ0v) is 20.4. The number of pyridine rings is 1. The highest BCUT2D eigenvalue weighted by molar-refractivity contribution is 7.89. The van der Waals surface area contributed by atoms with E-state index < -0.39 is 10.0 Å². The molecule has 30 heavy (non-hydrogen) atoms. The molecule has 1 aliphatic carbocycles. The monoisotopic (exact) mass is 437 g/mol. The maximum atomic E-state index is 12.9. The first-order chi connectivity index (χ1) is 13.9. The van der Waals surface area contributed by atoms with Gasteiger partial charge in [-0.05, 0) is 63.7 Å². The lowest BCUT2D eigenvalue weighted by molar-refractivity contribution is 0.105. The van der Waals surface area contributed by atoms with Gasteiger partial charge in [-0.3, -0.25) is 4.90 Å². The summed E-state index contributed by atoms with van der Waals surface area (Å²) in [6.07, 6.45) is 3.29. The lowest BCUT2D eigenvalue weighted by Crippen LogP contribution is -2.56. The molecule has 0 aromatic carbocycles. The Labute approximate surface area is 182 Å². The van der Waals surface area contributed by atoms with Crippen LogP contribution in [0.5, 0.6) is 0 Å². The summed E-state index contributed by atoms with van der Waals surface area (Å²) in [4.78, 5) is 9.41. The topological polar surface area (TPSA) is 77.6 Å². The maximum absolute atomic E-state index is 12.9. The summed E-state index contributed by atoms with van der Waals surface area (Å²) in [5.41, 5.74) is 0.943. The van der Waals surface area contributed by atoms with Crippen molar-refractivity contribution in [2.75, 3.05) is 39.0 Å². The first-order valence-corrected chi connectivity index (χ1v) is 12.5. The van der Waals surface area contributed by atoms with Gasteiger partial charge in [-0.1, -0.05) is 20.8 Å². The molecule has 7 nitrogen and oxygen atoms in total. The highest BCUT2D eigenvalue weighted by atomic mass is 32.2. The molecule has 2 aliphatic rings. The molecular formula is C22H39N5O2S. The molecule has 2 heterocycles. The fourth-order valence-corrected chi connectivity index (χ4v) is 5.95. The van der Waals surface area contributed by atoms with E-state index in [-0.39, 0.29) is 22.4 Å². The van der Waals surface area contributed by atoms with Gasteiger partial charge in [-0.25, -0.2) is 18.1 Å². The van der Waals surface area contributed by atoms with E-state index >= 15 is 0 Å². The largest absolute Gasteiger partial charge is 0.366 e. The Morgan fingerprint density at radius 1 is 1.20 bits per heavy atom. The summed E-state index contributed by atoms with van der Waals surface area (Å²) in [6.45, 7) is 13.8. The van der Waals surface area contributed by atoms with Crippen LogP contribution < -0.4 is 10.0 Å². The van der Waals surface area contributed by atoms with Gasteiger partial charge >= 0.3 is 0 Å². The molecule has 2 atom stereocenters. The second-order valence-electron chi connectivity index (χ2n) is 10.4. The predicted octanol–water partition coefficient (Wildman–Crippen LogP) is 2.54. The van der Waals surface area contributed by atoms with Crippen molar-refractivity contribution in [3.63, 3.8) is 0 Å². The lowest BCUT2D eigenvalue weighted by atomic mass is 9.66. The molecule has 1 aromatic rings. The molecule has 1 aliphatic heterocycles. The predicted molar refractivity (Wildman–Crippen MR) is 122 cm³/mol. The highest BCUT2D eigenvalue weighted by Crippen LogP contribution is 2.41. The molecule has 0 radical (unpaired) electrons. The van der Waals surface area contributed by atoms with Crippen molar-refractivity contribution in [2.45, 2.75) is 70.5 Å². The Bertz CT molecular complexity index is 846. The van der Waals surface area contributed by atoms with Gasteiger partial charge in [-0.15, -0.1) is 0 Å². The van der Waals surface area contributed by atoms with Crippen LogP contribution in [0.1, 0.15) is 46.1 Å². The molecular weight excluding hydrogens is 398 g/mol. The smallest absolute Gasteiger partial charge is 0.242 e. The van der Waals surface area contributed by atoms with E-state index in [0.29, 0.717) is 17.5 Å². The van der Waals surface area contributed by atoms with Crippen molar-refractivity contribution >= 4 is 15.8 Å². The minimum atomic E-state index is -3.56. The third kappa shape index (κ3) is 5.33. The quantitative estimate of drug-likeness (QED) is 0.712. The minimum absolute atomic E-state index is 0.0234. The maximum Gasteiger partial charge on any atom is 0.242 e. The van der Waals surface area contributed by atoms with Gasteiger partial charge in [-0.2, -0.15) is 0 Å². The van der Waals surface area contributed by atoms with Crippen LogP contribution in [0.3, 0.4) is 0 Å². The third-order valence-corrected chi connectivity index (χ3v) is 8.54. The van der Waals surface area contributed by atoms with Crippen molar-refractivity contribution in [2.24, 2.45) is 11.3 Å². The van der Waals surface area contributed by atoms with Crippen LogP contribution in [0.2, 0.25) is 0 Å². The van der Waals surface area contributed by atoms with E-state index in [9.17, 15) is 8.42 Å². The molecule has 1 saturated carbocycles. The van der Waals surface area contributed by atoms with E-state index in [1.165, 1.54) is 6.20 Å². The number of aromatic nitrogens is 1. The van der Waals surface area contributed by atoms with E-state index in [2.05, 4.69) is 66.6 Å². The van der Waals surface area contributed by atoms with E-state index in [4.69, 9.17) is 0 Å². The van der Waals surface area contributed by atoms with Crippen molar-refractivity contribution in [3.05, 3.63) is 17.8 Å². The zero-order chi connectivity index (χ0) is 22.3. The van der Waals surface area contributed by atoms with Gasteiger partial charge in [0.2, 0.25) is 10.0 Å².